The summed E-state index contributed by atoms with van der Waals surface area (Å²) in [5, 5.41) is 0. The highest BCUT2D eigenvalue weighted by atomic mass is 32.2. The van der Waals surface area contributed by atoms with Crippen LogP contribution < -0.4 is 11.3 Å². The maximum Gasteiger partial charge on any atom is 0.161 e. The van der Waals surface area contributed by atoms with Crippen molar-refractivity contribution in [2.75, 3.05) is 31.7 Å². The van der Waals surface area contributed by atoms with Gasteiger partial charge in [0.25, 0.3) is 0 Å². The van der Waals surface area contributed by atoms with Gasteiger partial charge in [-0.15, -0.1) is 0 Å². The van der Waals surface area contributed by atoms with Crippen LogP contribution in [0.25, 0.3) is 0 Å². The number of hydrogen-bond donors (Lipinski definition) is 2. The van der Waals surface area contributed by atoms with Crippen molar-refractivity contribution in [2.24, 2.45) is 5.84 Å². The summed E-state index contributed by atoms with van der Waals surface area (Å²) in [6, 6.07) is 0. The van der Waals surface area contributed by atoms with E-state index in [2.05, 4.69) is 27.2 Å². The van der Waals surface area contributed by atoms with Crippen LogP contribution in [0.5, 0.6) is 0 Å². The molecule has 0 saturated carbocycles. The van der Waals surface area contributed by atoms with Gasteiger partial charge >= 0.3 is 0 Å². The number of likely N-dealkylation sites (N-methyl/N-ethyl adjacent to an activating group) is 1. The van der Waals surface area contributed by atoms with Gasteiger partial charge in [0.15, 0.2) is 5.82 Å². The van der Waals surface area contributed by atoms with E-state index in [1.807, 2.05) is 11.8 Å². The predicted molar refractivity (Wildman–Crippen MR) is 75.6 cm³/mol. The molecule has 7 heteroatoms. The number of nitrogens with two attached hydrogens (primary N) is 1. The van der Waals surface area contributed by atoms with Gasteiger partial charge in [0.2, 0.25) is 0 Å². The number of rotatable bonds is 3. The first-order valence-electron chi connectivity index (χ1n) is 6.59. The molecule has 3 heterocycles. The number of nitrogens with zero attached hydrogens (tertiary/aromatic N) is 3. The Morgan fingerprint density at radius 1 is 1.47 bits per heavy atom. The summed E-state index contributed by atoms with van der Waals surface area (Å²) >= 11 is 1.84. The van der Waals surface area contributed by atoms with Crippen molar-refractivity contribution in [3.05, 3.63) is 17.1 Å². The largest absolute Gasteiger partial charge is 0.368 e. The van der Waals surface area contributed by atoms with E-state index < -0.39 is 0 Å². The molecule has 1 unspecified atom stereocenters. The maximum atomic E-state index is 5.81. The predicted octanol–water partition coefficient (Wildman–Crippen LogP) is 0.902. The van der Waals surface area contributed by atoms with Crippen LogP contribution in [0.4, 0.5) is 5.82 Å². The smallest absolute Gasteiger partial charge is 0.161 e. The number of fused-ring (bicyclic) bond motifs is 1. The number of hydrazine groups is 1. The molecule has 0 amide bonds. The Morgan fingerprint density at radius 3 is 3.16 bits per heavy atom. The summed E-state index contributed by atoms with van der Waals surface area (Å²) in [4.78, 5) is 11.6. The highest BCUT2D eigenvalue weighted by Gasteiger charge is 2.27. The Bertz CT molecular complexity index is 470. The highest BCUT2D eigenvalue weighted by Crippen LogP contribution is 2.33. The summed E-state index contributed by atoms with van der Waals surface area (Å²) in [6.45, 7) is 5.76. The van der Waals surface area contributed by atoms with Crippen molar-refractivity contribution < 1.29 is 4.74 Å². The minimum atomic E-state index is -0.0447. The molecule has 3 N–H and O–H groups in total. The van der Waals surface area contributed by atoms with Crippen LogP contribution in [0.3, 0.4) is 0 Å². The summed E-state index contributed by atoms with van der Waals surface area (Å²) in [5.74, 6) is 8.95. The zero-order chi connectivity index (χ0) is 13.2. The molecule has 104 valence electrons. The average Bonchev–Trinajstić information content (AvgIpc) is 2.94. The molecule has 0 bridgehead atoms. The molecule has 2 aliphatic heterocycles. The van der Waals surface area contributed by atoms with Gasteiger partial charge in [0.05, 0.1) is 12.3 Å². The third-order valence-corrected chi connectivity index (χ3v) is 4.59. The topological polar surface area (TPSA) is 76.3 Å². The zero-order valence-corrected chi connectivity index (χ0v) is 11.9. The lowest BCUT2D eigenvalue weighted by Gasteiger charge is -2.31. The first-order valence-corrected chi connectivity index (χ1v) is 7.75. The van der Waals surface area contributed by atoms with Crippen molar-refractivity contribution in [3.8, 4) is 0 Å². The molecule has 0 radical (unpaired) electrons. The van der Waals surface area contributed by atoms with Crippen LogP contribution in [0.2, 0.25) is 0 Å². The van der Waals surface area contributed by atoms with Crippen LogP contribution in [0.15, 0.2) is 0 Å². The number of hydrogen-bond acceptors (Lipinski definition) is 7. The molecule has 3 rings (SSSR count). The maximum absolute atomic E-state index is 5.81. The van der Waals surface area contributed by atoms with E-state index in [-0.39, 0.29) is 6.10 Å². The Kier molecular flexibility index (Phi) is 3.88. The molecule has 0 spiro atoms. The summed E-state index contributed by atoms with van der Waals surface area (Å²) in [7, 11) is 0. The van der Waals surface area contributed by atoms with E-state index in [0.29, 0.717) is 0 Å². The lowest BCUT2D eigenvalue weighted by Crippen LogP contribution is -2.38. The molecule has 0 aromatic carbocycles. The van der Waals surface area contributed by atoms with Crippen molar-refractivity contribution in [1.82, 2.24) is 14.9 Å². The fraction of sp³-hybridized carbons (Fsp3) is 0.667. The second-order valence-electron chi connectivity index (χ2n) is 4.75. The number of nitrogens with one attached hydrogen (secondary N) is 1. The number of thioether (sulfide) groups is 1. The summed E-state index contributed by atoms with van der Waals surface area (Å²) in [5.41, 5.74) is 4.93. The molecular weight excluding hydrogens is 262 g/mol. The fourth-order valence-electron chi connectivity index (χ4n) is 2.48. The van der Waals surface area contributed by atoms with E-state index >= 15 is 0 Å². The summed E-state index contributed by atoms with van der Waals surface area (Å²) in [6.07, 6.45) is -0.0447. The second kappa shape index (κ2) is 5.62. The van der Waals surface area contributed by atoms with Gasteiger partial charge in [0.1, 0.15) is 11.9 Å². The van der Waals surface area contributed by atoms with Crippen molar-refractivity contribution in [3.63, 3.8) is 0 Å². The standard InChI is InChI=1S/C12H19N5OS/c1-2-17-3-4-18-10(5-17)12-14-9-7-19-6-8(9)11(15-12)16-13/h10H,2-7,13H2,1H3,(H,14,15,16). The van der Waals surface area contributed by atoms with E-state index in [4.69, 9.17) is 10.6 Å². The molecule has 0 aliphatic carbocycles. The highest BCUT2D eigenvalue weighted by molar-refractivity contribution is 7.98. The van der Waals surface area contributed by atoms with Gasteiger partial charge in [-0.2, -0.15) is 11.8 Å². The minimum absolute atomic E-state index is 0.0447. The van der Waals surface area contributed by atoms with Crippen molar-refractivity contribution >= 4 is 17.6 Å². The quantitative estimate of drug-likeness (QED) is 0.629. The Morgan fingerprint density at radius 2 is 2.37 bits per heavy atom. The number of morpholine rings is 1. The van der Waals surface area contributed by atoms with E-state index in [1.54, 1.807) is 0 Å². The lowest BCUT2D eigenvalue weighted by atomic mass is 10.2. The lowest BCUT2D eigenvalue weighted by molar-refractivity contribution is -0.0325. The monoisotopic (exact) mass is 281 g/mol. The Labute approximate surface area is 117 Å². The zero-order valence-electron chi connectivity index (χ0n) is 11.1. The van der Waals surface area contributed by atoms with Crippen LogP contribution >= 0.6 is 11.8 Å². The molecule has 1 aromatic heterocycles. The minimum Gasteiger partial charge on any atom is -0.368 e. The first-order chi connectivity index (χ1) is 9.31. The fourth-order valence-corrected chi connectivity index (χ4v) is 3.52. The van der Waals surface area contributed by atoms with Gasteiger partial charge in [-0.3, -0.25) is 4.90 Å². The second-order valence-corrected chi connectivity index (χ2v) is 5.73. The SMILES string of the molecule is CCN1CCOC(c2nc3c(c(NN)n2)CSC3)C1. The van der Waals surface area contributed by atoms with Crippen LogP contribution in [0.1, 0.15) is 30.1 Å². The van der Waals surface area contributed by atoms with Crippen LogP contribution in [-0.4, -0.2) is 41.1 Å². The molecule has 6 nitrogen and oxygen atoms in total. The van der Waals surface area contributed by atoms with Gasteiger partial charge in [0, 0.05) is 30.2 Å². The van der Waals surface area contributed by atoms with Gasteiger partial charge < -0.3 is 10.2 Å². The first kappa shape index (κ1) is 13.1. The third kappa shape index (κ3) is 2.55. The third-order valence-electron chi connectivity index (χ3n) is 3.62. The molecule has 1 atom stereocenters. The summed E-state index contributed by atoms with van der Waals surface area (Å²) < 4.78 is 5.81. The van der Waals surface area contributed by atoms with Crippen molar-refractivity contribution in [2.45, 2.75) is 24.5 Å². The molecule has 1 fully saturated rings. The van der Waals surface area contributed by atoms with Gasteiger partial charge in [-0.1, -0.05) is 6.92 Å². The average molecular weight is 281 g/mol. The van der Waals surface area contributed by atoms with E-state index in [0.717, 1.165) is 60.6 Å². The van der Waals surface area contributed by atoms with Gasteiger partial charge in [-0.05, 0) is 6.54 Å². The molecule has 1 saturated heterocycles. The number of aromatic nitrogens is 2. The van der Waals surface area contributed by atoms with Gasteiger partial charge in [-0.25, -0.2) is 15.8 Å². The normalized spacial score (nSPS) is 23.4. The molecule has 19 heavy (non-hydrogen) atoms. The Hall–Kier alpha value is -0.890. The Balaban J connectivity index is 1.88. The molecule has 1 aromatic rings. The number of ether oxygens (including phenoxy) is 1. The number of nitrogen functional groups attached to an aromatic ring is 1. The number of anilines is 1. The molecule has 2 aliphatic rings. The van der Waals surface area contributed by atoms with E-state index in [9.17, 15) is 0 Å². The van der Waals surface area contributed by atoms with E-state index in [1.165, 1.54) is 0 Å². The van der Waals surface area contributed by atoms with Crippen LogP contribution in [-0.2, 0) is 16.2 Å². The molecular formula is C12H19N5OS. The van der Waals surface area contributed by atoms with Crippen molar-refractivity contribution in [1.29, 1.82) is 0 Å². The van der Waals surface area contributed by atoms with Crippen LogP contribution in [0, 0.1) is 0 Å².